The van der Waals surface area contributed by atoms with Crippen molar-refractivity contribution in [2.75, 3.05) is 40.3 Å². The topological polar surface area (TPSA) is 53.4 Å². The van der Waals surface area contributed by atoms with Crippen molar-refractivity contribution < 1.29 is 13.6 Å². The zero-order valence-corrected chi connectivity index (χ0v) is 17.6. The molecule has 2 aromatic rings. The van der Waals surface area contributed by atoms with E-state index in [1.165, 1.54) is 6.07 Å². The van der Waals surface area contributed by atoms with E-state index in [0.29, 0.717) is 24.3 Å². The Bertz CT molecular complexity index is 808. The first-order valence-corrected chi connectivity index (χ1v) is 9.58. The predicted octanol–water partition coefficient (Wildman–Crippen LogP) is 2.71. The van der Waals surface area contributed by atoms with E-state index in [9.17, 15) is 13.6 Å². The van der Waals surface area contributed by atoms with Crippen molar-refractivity contribution >= 4 is 18.3 Å². The standard InChI is InChI=1S/C20H27F2N5O.ClH/c1-25(2)10-11-26(14-15-5-6-17(21)18(22)12-15)20(28)19-7-9-27(24-19)16-4-3-8-23-13-16;/h5-7,9,12,16,23H,3-4,8,10-11,13-14H2,1-2H3;1H. The average molecular weight is 428 g/mol. The number of halogens is 3. The first kappa shape index (κ1) is 23.3. The van der Waals surface area contributed by atoms with E-state index in [-0.39, 0.29) is 30.9 Å². The number of likely N-dealkylation sites (N-methyl/N-ethyl adjacent to an activating group) is 1. The maximum atomic E-state index is 13.6. The molecule has 160 valence electrons. The van der Waals surface area contributed by atoms with E-state index in [1.807, 2.05) is 29.9 Å². The van der Waals surface area contributed by atoms with E-state index in [0.717, 1.165) is 38.1 Å². The SMILES string of the molecule is CN(C)CCN(Cc1ccc(F)c(F)c1)C(=O)c1ccn(C2CCCNC2)n1.Cl. The Morgan fingerprint density at radius 3 is 2.69 bits per heavy atom. The number of rotatable bonds is 7. The molecule has 0 aliphatic carbocycles. The van der Waals surface area contributed by atoms with E-state index in [4.69, 9.17) is 0 Å². The molecule has 1 fully saturated rings. The normalized spacial score (nSPS) is 16.5. The number of carbonyl (C=O) groups excluding carboxylic acids is 1. The van der Waals surface area contributed by atoms with Gasteiger partial charge in [0, 0.05) is 32.4 Å². The Hall–Kier alpha value is -2.03. The van der Waals surface area contributed by atoms with Gasteiger partial charge in [-0.25, -0.2) is 8.78 Å². The second-order valence-corrected chi connectivity index (χ2v) is 7.46. The minimum absolute atomic E-state index is 0. The molecular formula is C20H28ClF2N5O. The molecule has 0 spiro atoms. The second-order valence-electron chi connectivity index (χ2n) is 7.46. The molecule has 1 aliphatic rings. The first-order chi connectivity index (χ1) is 13.4. The fraction of sp³-hybridized carbons (Fsp3) is 0.500. The van der Waals surface area contributed by atoms with Gasteiger partial charge in [0.25, 0.3) is 5.91 Å². The third-order valence-corrected chi connectivity index (χ3v) is 4.93. The number of nitrogens with zero attached hydrogens (tertiary/aromatic N) is 4. The molecule has 9 heteroatoms. The van der Waals surface area contributed by atoms with E-state index in [1.54, 1.807) is 11.0 Å². The van der Waals surface area contributed by atoms with Crippen molar-refractivity contribution in [2.24, 2.45) is 0 Å². The molecule has 1 aromatic heterocycles. The van der Waals surface area contributed by atoms with Crippen molar-refractivity contribution in [1.29, 1.82) is 0 Å². The van der Waals surface area contributed by atoms with Crippen LogP contribution in [0.15, 0.2) is 30.5 Å². The Balaban J connectivity index is 0.00000300. The van der Waals surface area contributed by atoms with Gasteiger partial charge in [-0.1, -0.05) is 6.07 Å². The zero-order valence-electron chi connectivity index (χ0n) is 16.8. The molecule has 1 saturated heterocycles. The van der Waals surface area contributed by atoms with E-state index < -0.39 is 11.6 Å². The monoisotopic (exact) mass is 427 g/mol. The van der Waals surface area contributed by atoms with Gasteiger partial charge in [0.1, 0.15) is 5.69 Å². The fourth-order valence-corrected chi connectivity index (χ4v) is 3.31. The van der Waals surface area contributed by atoms with Gasteiger partial charge in [-0.2, -0.15) is 5.10 Å². The largest absolute Gasteiger partial charge is 0.332 e. The molecule has 0 saturated carbocycles. The number of benzene rings is 1. The number of nitrogens with one attached hydrogen (secondary N) is 1. The summed E-state index contributed by atoms with van der Waals surface area (Å²) in [4.78, 5) is 16.7. The van der Waals surface area contributed by atoms with Crippen LogP contribution in [0.1, 0.15) is 34.9 Å². The molecule has 0 radical (unpaired) electrons. The quantitative estimate of drug-likeness (QED) is 0.738. The van der Waals surface area contributed by atoms with Crippen molar-refractivity contribution in [1.82, 2.24) is 24.9 Å². The summed E-state index contributed by atoms with van der Waals surface area (Å²) in [5.41, 5.74) is 0.911. The predicted molar refractivity (Wildman–Crippen MR) is 110 cm³/mol. The van der Waals surface area contributed by atoms with Crippen LogP contribution in [0.5, 0.6) is 0 Å². The summed E-state index contributed by atoms with van der Waals surface area (Å²) < 4.78 is 28.6. The van der Waals surface area contributed by atoms with E-state index in [2.05, 4.69) is 10.4 Å². The molecule has 1 N–H and O–H groups in total. The lowest BCUT2D eigenvalue weighted by atomic mass is 10.1. The third-order valence-electron chi connectivity index (χ3n) is 4.93. The smallest absolute Gasteiger partial charge is 0.274 e. The molecule has 1 unspecified atom stereocenters. The molecule has 3 rings (SSSR count). The Kier molecular flexibility index (Phi) is 8.55. The van der Waals surface area contributed by atoms with E-state index >= 15 is 0 Å². The number of carbonyl (C=O) groups is 1. The van der Waals surface area contributed by atoms with Crippen molar-refractivity contribution in [3.63, 3.8) is 0 Å². The number of amides is 1. The van der Waals surface area contributed by atoms with Crippen molar-refractivity contribution in [2.45, 2.75) is 25.4 Å². The molecule has 0 bridgehead atoms. The summed E-state index contributed by atoms with van der Waals surface area (Å²) in [6, 6.07) is 5.70. The van der Waals surface area contributed by atoms with Gasteiger partial charge in [0.2, 0.25) is 0 Å². The Labute approximate surface area is 176 Å². The van der Waals surface area contributed by atoms with Crippen LogP contribution in [0.4, 0.5) is 8.78 Å². The number of hydrogen-bond donors (Lipinski definition) is 1. The van der Waals surface area contributed by atoms with Gasteiger partial charge < -0.3 is 15.1 Å². The van der Waals surface area contributed by atoms with Gasteiger partial charge in [0.15, 0.2) is 11.6 Å². The Morgan fingerprint density at radius 1 is 1.24 bits per heavy atom. The second kappa shape index (κ2) is 10.7. The number of aromatic nitrogens is 2. The number of piperidine rings is 1. The van der Waals surface area contributed by atoms with Gasteiger partial charge in [0.05, 0.1) is 6.04 Å². The highest BCUT2D eigenvalue weighted by Gasteiger charge is 2.22. The van der Waals surface area contributed by atoms with Crippen molar-refractivity contribution in [3.8, 4) is 0 Å². The van der Waals surface area contributed by atoms with Crippen LogP contribution in [0, 0.1) is 11.6 Å². The van der Waals surface area contributed by atoms with Gasteiger partial charge in [-0.05, 0) is 57.2 Å². The molecular weight excluding hydrogens is 400 g/mol. The number of hydrogen-bond acceptors (Lipinski definition) is 4. The zero-order chi connectivity index (χ0) is 20.1. The van der Waals surface area contributed by atoms with Gasteiger partial charge >= 0.3 is 0 Å². The molecule has 6 nitrogen and oxygen atoms in total. The molecule has 1 amide bonds. The minimum atomic E-state index is -0.911. The highest BCUT2D eigenvalue weighted by atomic mass is 35.5. The van der Waals surface area contributed by atoms with Crippen LogP contribution >= 0.6 is 12.4 Å². The Morgan fingerprint density at radius 2 is 2.03 bits per heavy atom. The maximum Gasteiger partial charge on any atom is 0.274 e. The molecule has 2 heterocycles. The highest BCUT2D eigenvalue weighted by Crippen LogP contribution is 2.17. The minimum Gasteiger partial charge on any atom is -0.332 e. The highest BCUT2D eigenvalue weighted by molar-refractivity contribution is 5.92. The lowest BCUT2D eigenvalue weighted by Crippen LogP contribution is -2.37. The summed E-state index contributed by atoms with van der Waals surface area (Å²) in [6.45, 7) is 3.16. The van der Waals surface area contributed by atoms with Crippen LogP contribution < -0.4 is 5.32 Å². The lowest BCUT2D eigenvalue weighted by molar-refractivity contribution is 0.0724. The van der Waals surface area contributed by atoms with Gasteiger partial charge in [-0.15, -0.1) is 12.4 Å². The van der Waals surface area contributed by atoms with Crippen LogP contribution in [-0.4, -0.2) is 65.8 Å². The van der Waals surface area contributed by atoms with Crippen molar-refractivity contribution in [3.05, 3.63) is 53.4 Å². The maximum absolute atomic E-state index is 13.6. The first-order valence-electron chi connectivity index (χ1n) is 9.58. The van der Waals surface area contributed by atoms with Crippen LogP contribution in [0.2, 0.25) is 0 Å². The molecule has 29 heavy (non-hydrogen) atoms. The summed E-state index contributed by atoms with van der Waals surface area (Å²) >= 11 is 0. The summed E-state index contributed by atoms with van der Waals surface area (Å²) in [6.07, 6.45) is 3.95. The third kappa shape index (κ3) is 6.22. The summed E-state index contributed by atoms with van der Waals surface area (Å²) in [7, 11) is 3.84. The lowest BCUT2D eigenvalue weighted by Gasteiger charge is -2.24. The summed E-state index contributed by atoms with van der Waals surface area (Å²) in [5, 5.41) is 7.83. The van der Waals surface area contributed by atoms with Crippen LogP contribution in [0.25, 0.3) is 0 Å². The molecule has 1 aliphatic heterocycles. The average Bonchev–Trinajstić information content (AvgIpc) is 3.18. The van der Waals surface area contributed by atoms with Gasteiger partial charge in [-0.3, -0.25) is 9.48 Å². The fourth-order valence-electron chi connectivity index (χ4n) is 3.31. The molecule has 1 atom stereocenters. The summed E-state index contributed by atoms with van der Waals surface area (Å²) in [5.74, 6) is -2.02. The molecule has 1 aromatic carbocycles. The van der Waals surface area contributed by atoms with Crippen LogP contribution in [-0.2, 0) is 6.54 Å². The van der Waals surface area contributed by atoms with Crippen LogP contribution in [0.3, 0.4) is 0 Å².